The van der Waals surface area contributed by atoms with Crippen molar-refractivity contribution in [3.63, 3.8) is 0 Å². The maximum Gasteiger partial charge on any atom is 0.253 e. The van der Waals surface area contributed by atoms with Gasteiger partial charge in [-0.25, -0.2) is 4.98 Å². The van der Waals surface area contributed by atoms with Gasteiger partial charge in [-0.3, -0.25) is 9.59 Å². The first-order valence-electron chi connectivity index (χ1n) is 9.41. The van der Waals surface area contributed by atoms with Crippen LogP contribution in [-0.2, 0) is 4.79 Å². The minimum absolute atomic E-state index is 0.0798. The van der Waals surface area contributed by atoms with Crippen LogP contribution in [-0.4, -0.2) is 53.4 Å². The fourth-order valence-corrected chi connectivity index (χ4v) is 3.78. The molecule has 6 nitrogen and oxygen atoms in total. The fraction of sp³-hybridized carbons (Fsp3) is 0.632. The molecule has 0 bridgehead atoms. The first-order valence-corrected chi connectivity index (χ1v) is 9.41. The van der Waals surface area contributed by atoms with Crippen molar-refractivity contribution in [3.8, 4) is 0 Å². The Hall–Kier alpha value is -2.11. The molecule has 134 valence electrons. The SMILES string of the molecule is CC1CCN(c2ccc(C(=O)NC3CC(=O)N(C4CC4)C3)cn2)CC1. The zero-order valence-electron chi connectivity index (χ0n) is 14.8. The highest BCUT2D eigenvalue weighted by Gasteiger charge is 2.39. The number of rotatable bonds is 4. The molecule has 2 saturated heterocycles. The Balaban J connectivity index is 1.34. The molecule has 25 heavy (non-hydrogen) atoms. The van der Waals surface area contributed by atoms with E-state index in [0.29, 0.717) is 24.6 Å². The summed E-state index contributed by atoms with van der Waals surface area (Å²) < 4.78 is 0. The van der Waals surface area contributed by atoms with Crippen LogP contribution in [0.4, 0.5) is 5.82 Å². The molecule has 4 rings (SSSR count). The summed E-state index contributed by atoms with van der Waals surface area (Å²) in [6.07, 6.45) is 6.66. The van der Waals surface area contributed by atoms with Gasteiger partial charge in [0.15, 0.2) is 0 Å². The highest BCUT2D eigenvalue weighted by atomic mass is 16.2. The number of aromatic nitrogens is 1. The van der Waals surface area contributed by atoms with E-state index in [1.165, 1.54) is 12.8 Å². The highest BCUT2D eigenvalue weighted by Crippen LogP contribution is 2.30. The molecule has 3 fully saturated rings. The molecule has 3 aliphatic rings. The second kappa shape index (κ2) is 6.65. The number of pyridine rings is 1. The Bertz CT molecular complexity index is 648. The van der Waals surface area contributed by atoms with Crippen LogP contribution in [0.1, 0.15) is 49.4 Å². The number of anilines is 1. The summed E-state index contributed by atoms with van der Waals surface area (Å²) in [5.74, 6) is 1.76. The summed E-state index contributed by atoms with van der Waals surface area (Å²) in [6.45, 7) is 4.99. The van der Waals surface area contributed by atoms with E-state index >= 15 is 0 Å². The molecule has 6 heteroatoms. The molecule has 1 N–H and O–H groups in total. The van der Waals surface area contributed by atoms with E-state index in [9.17, 15) is 9.59 Å². The van der Waals surface area contributed by atoms with E-state index in [0.717, 1.165) is 37.7 Å². The largest absolute Gasteiger partial charge is 0.357 e. The van der Waals surface area contributed by atoms with Gasteiger partial charge >= 0.3 is 0 Å². The number of likely N-dealkylation sites (tertiary alicyclic amines) is 1. The molecule has 1 unspecified atom stereocenters. The van der Waals surface area contributed by atoms with E-state index < -0.39 is 0 Å². The standard InChI is InChI=1S/C19H26N4O2/c1-13-6-8-22(9-7-13)17-5-2-14(11-20-17)19(25)21-15-10-18(24)23(12-15)16-3-4-16/h2,5,11,13,15-16H,3-4,6-10,12H2,1H3,(H,21,25). The van der Waals surface area contributed by atoms with Crippen LogP contribution < -0.4 is 10.2 Å². The van der Waals surface area contributed by atoms with Gasteiger partial charge in [-0.2, -0.15) is 0 Å². The predicted octanol–water partition coefficient (Wildman–Crippen LogP) is 1.81. The van der Waals surface area contributed by atoms with Crippen LogP contribution in [0.2, 0.25) is 0 Å². The molecule has 3 heterocycles. The fourth-order valence-electron chi connectivity index (χ4n) is 3.78. The summed E-state index contributed by atoms with van der Waals surface area (Å²) in [5.41, 5.74) is 0.562. The average molecular weight is 342 g/mol. The molecule has 0 aromatic carbocycles. The van der Waals surface area contributed by atoms with E-state index in [1.807, 2.05) is 17.0 Å². The topological polar surface area (TPSA) is 65.5 Å². The second-order valence-electron chi connectivity index (χ2n) is 7.73. The lowest BCUT2D eigenvalue weighted by Gasteiger charge is -2.31. The van der Waals surface area contributed by atoms with Gasteiger partial charge in [0.1, 0.15) is 5.82 Å². The van der Waals surface area contributed by atoms with Gasteiger partial charge in [-0.05, 0) is 43.7 Å². The number of amides is 2. The summed E-state index contributed by atoms with van der Waals surface area (Å²) in [5, 5.41) is 2.99. The van der Waals surface area contributed by atoms with Crippen molar-refractivity contribution >= 4 is 17.6 Å². The summed E-state index contributed by atoms with van der Waals surface area (Å²) in [7, 11) is 0. The van der Waals surface area contributed by atoms with Crippen molar-refractivity contribution in [2.45, 2.75) is 51.1 Å². The molecule has 1 aliphatic carbocycles. The normalized spacial score (nSPS) is 24.7. The van der Waals surface area contributed by atoms with Crippen molar-refractivity contribution in [2.75, 3.05) is 24.5 Å². The summed E-state index contributed by atoms with van der Waals surface area (Å²) >= 11 is 0. The molecular weight excluding hydrogens is 316 g/mol. The van der Waals surface area contributed by atoms with Gasteiger partial charge < -0.3 is 15.1 Å². The predicted molar refractivity (Wildman–Crippen MR) is 95.5 cm³/mol. The van der Waals surface area contributed by atoms with Crippen molar-refractivity contribution in [3.05, 3.63) is 23.9 Å². The third-order valence-electron chi connectivity index (χ3n) is 5.60. The zero-order valence-corrected chi connectivity index (χ0v) is 14.8. The van der Waals surface area contributed by atoms with Crippen molar-refractivity contribution in [1.29, 1.82) is 0 Å². The Morgan fingerprint density at radius 1 is 1.20 bits per heavy atom. The third kappa shape index (κ3) is 3.62. The lowest BCUT2D eigenvalue weighted by molar-refractivity contribution is -0.128. The minimum atomic E-state index is -0.137. The van der Waals surface area contributed by atoms with Gasteiger partial charge in [0.25, 0.3) is 5.91 Å². The van der Waals surface area contributed by atoms with Gasteiger partial charge in [0, 0.05) is 38.3 Å². The first kappa shape index (κ1) is 16.4. The smallest absolute Gasteiger partial charge is 0.253 e. The Labute approximate surface area is 148 Å². The van der Waals surface area contributed by atoms with Crippen molar-refractivity contribution in [2.24, 2.45) is 5.92 Å². The zero-order chi connectivity index (χ0) is 17.4. The Morgan fingerprint density at radius 2 is 1.96 bits per heavy atom. The van der Waals surface area contributed by atoms with Crippen LogP contribution in [0, 0.1) is 5.92 Å². The minimum Gasteiger partial charge on any atom is -0.357 e. The van der Waals surface area contributed by atoms with Gasteiger partial charge in [0.2, 0.25) is 5.91 Å². The molecule has 0 radical (unpaired) electrons. The number of nitrogens with one attached hydrogen (secondary N) is 1. The number of piperidine rings is 1. The second-order valence-corrected chi connectivity index (χ2v) is 7.73. The van der Waals surface area contributed by atoms with E-state index in [-0.39, 0.29) is 17.9 Å². The summed E-state index contributed by atoms with van der Waals surface area (Å²) in [4.78, 5) is 33.1. The van der Waals surface area contributed by atoms with Crippen LogP contribution in [0.5, 0.6) is 0 Å². The van der Waals surface area contributed by atoms with Crippen molar-refractivity contribution in [1.82, 2.24) is 15.2 Å². The molecule has 1 aromatic heterocycles. The quantitative estimate of drug-likeness (QED) is 0.906. The Morgan fingerprint density at radius 3 is 2.60 bits per heavy atom. The van der Waals surface area contributed by atoms with E-state index in [2.05, 4.69) is 22.1 Å². The van der Waals surface area contributed by atoms with Gasteiger partial charge in [-0.15, -0.1) is 0 Å². The number of carbonyl (C=O) groups excluding carboxylic acids is 2. The lowest BCUT2D eigenvalue weighted by atomic mass is 9.99. The molecule has 1 atom stereocenters. The number of nitrogens with zero attached hydrogens (tertiary/aromatic N) is 3. The summed E-state index contributed by atoms with van der Waals surface area (Å²) in [6, 6.07) is 4.11. The number of hydrogen-bond donors (Lipinski definition) is 1. The first-order chi connectivity index (χ1) is 12.1. The maximum atomic E-state index is 12.4. The van der Waals surface area contributed by atoms with Gasteiger partial charge in [0.05, 0.1) is 11.6 Å². The molecule has 2 amide bonds. The molecule has 2 aliphatic heterocycles. The number of hydrogen-bond acceptors (Lipinski definition) is 4. The van der Waals surface area contributed by atoms with Crippen LogP contribution in [0.15, 0.2) is 18.3 Å². The lowest BCUT2D eigenvalue weighted by Crippen LogP contribution is -2.37. The molecular formula is C19H26N4O2. The third-order valence-corrected chi connectivity index (χ3v) is 5.60. The van der Waals surface area contributed by atoms with Gasteiger partial charge in [-0.1, -0.05) is 6.92 Å². The monoisotopic (exact) mass is 342 g/mol. The van der Waals surface area contributed by atoms with Crippen molar-refractivity contribution < 1.29 is 9.59 Å². The van der Waals surface area contributed by atoms with E-state index in [4.69, 9.17) is 0 Å². The van der Waals surface area contributed by atoms with Crippen LogP contribution in [0.3, 0.4) is 0 Å². The highest BCUT2D eigenvalue weighted by molar-refractivity contribution is 5.95. The van der Waals surface area contributed by atoms with E-state index in [1.54, 1.807) is 6.20 Å². The maximum absolute atomic E-state index is 12.4. The molecule has 1 aromatic rings. The van der Waals surface area contributed by atoms with Crippen LogP contribution >= 0.6 is 0 Å². The Kier molecular flexibility index (Phi) is 4.36. The molecule has 0 spiro atoms. The number of carbonyl (C=O) groups is 2. The van der Waals surface area contributed by atoms with Crippen LogP contribution in [0.25, 0.3) is 0 Å². The average Bonchev–Trinajstić information content (AvgIpc) is 3.39. The molecule has 1 saturated carbocycles.